The number of pyridine rings is 2. The molecule has 0 radical (unpaired) electrons. The highest BCUT2D eigenvalue weighted by atomic mass is 16.5. The molecule has 0 aromatic carbocycles. The first-order valence-electron chi connectivity index (χ1n) is 6.53. The van der Waals surface area contributed by atoms with Gasteiger partial charge in [-0.05, 0) is 31.5 Å². The fraction of sp³-hybridized carbons (Fsp3) is 0.333. The summed E-state index contributed by atoms with van der Waals surface area (Å²) in [4.78, 5) is 8.41. The zero-order chi connectivity index (χ0) is 14.4. The quantitative estimate of drug-likeness (QED) is 0.877. The summed E-state index contributed by atoms with van der Waals surface area (Å²) in [5.74, 6) is 1.22. The minimum atomic E-state index is 0.0908. The molecule has 2 rings (SSSR count). The first-order chi connectivity index (χ1) is 9.69. The van der Waals surface area contributed by atoms with E-state index in [-0.39, 0.29) is 6.10 Å². The maximum Gasteiger partial charge on any atom is 0.237 e. The molecule has 0 amide bonds. The smallest absolute Gasteiger partial charge is 0.237 e. The lowest BCUT2D eigenvalue weighted by Gasteiger charge is -2.14. The molecule has 5 heteroatoms. The van der Waals surface area contributed by atoms with Crippen LogP contribution in [0.3, 0.4) is 0 Å². The zero-order valence-electron chi connectivity index (χ0n) is 12.0. The molecule has 2 aromatic rings. The largest absolute Gasteiger partial charge is 0.481 e. The Labute approximate surface area is 119 Å². The number of anilines is 1. The predicted octanol–water partition coefficient (Wildman–Crippen LogP) is 2.88. The number of rotatable bonds is 6. The van der Waals surface area contributed by atoms with Crippen molar-refractivity contribution in [3.8, 4) is 11.8 Å². The van der Waals surface area contributed by atoms with Crippen molar-refractivity contribution in [3.05, 3.63) is 42.2 Å². The van der Waals surface area contributed by atoms with Gasteiger partial charge in [-0.2, -0.15) is 0 Å². The molecule has 0 aliphatic carbocycles. The molecular formula is C15H19N3O2. The third-order valence-electron chi connectivity index (χ3n) is 2.61. The van der Waals surface area contributed by atoms with Gasteiger partial charge in [0.25, 0.3) is 0 Å². The normalized spacial score (nSPS) is 10.4. The van der Waals surface area contributed by atoms with Gasteiger partial charge >= 0.3 is 0 Å². The van der Waals surface area contributed by atoms with Crippen LogP contribution >= 0.6 is 0 Å². The molecule has 106 valence electrons. The van der Waals surface area contributed by atoms with Gasteiger partial charge < -0.3 is 14.8 Å². The van der Waals surface area contributed by atoms with Crippen molar-refractivity contribution >= 4 is 5.69 Å². The Morgan fingerprint density at radius 2 is 2.05 bits per heavy atom. The molecule has 2 heterocycles. The van der Waals surface area contributed by atoms with Crippen molar-refractivity contribution in [1.82, 2.24) is 9.97 Å². The first kappa shape index (κ1) is 14.1. The Kier molecular flexibility index (Phi) is 4.76. The molecule has 0 bridgehead atoms. The maximum atomic E-state index is 5.66. The fourth-order valence-corrected chi connectivity index (χ4v) is 1.68. The van der Waals surface area contributed by atoms with E-state index in [9.17, 15) is 0 Å². The van der Waals surface area contributed by atoms with Crippen LogP contribution in [-0.4, -0.2) is 23.2 Å². The summed E-state index contributed by atoms with van der Waals surface area (Å²) in [7, 11) is 1.60. The number of nitrogens with one attached hydrogen (secondary N) is 1. The number of hydrogen-bond acceptors (Lipinski definition) is 5. The van der Waals surface area contributed by atoms with Gasteiger partial charge in [0.2, 0.25) is 11.8 Å². The van der Waals surface area contributed by atoms with Crippen LogP contribution in [0.4, 0.5) is 5.69 Å². The van der Waals surface area contributed by atoms with E-state index in [0.717, 1.165) is 11.3 Å². The Hall–Kier alpha value is -2.30. The van der Waals surface area contributed by atoms with Crippen molar-refractivity contribution in [2.24, 2.45) is 0 Å². The van der Waals surface area contributed by atoms with E-state index >= 15 is 0 Å². The van der Waals surface area contributed by atoms with Crippen molar-refractivity contribution < 1.29 is 9.47 Å². The van der Waals surface area contributed by atoms with Crippen LogP contribution < -0.4 is 14.8 Å². The van der Waals surface area contributed by atoms with Crippen molar-refractivity contribution in [2.75, 3.05) is 12.4 Å². The van der Waals surface area contributed by atoms with Crippen LogP contribution in [0.25, 0.3) is 0 Å². The van der Waals surface area contributed by atoms with Crippen molar-refractivity contribution in [1.29, 1.82) is 0 Å². The average molecular weight is 273 g/mol. The first-order valence-corrected chi connectivity index (χ1v) is 6.53. The summed E-state index contributed by atoms with van der Waals surface area (Å²) in [6, 6.07) is 7.63. The molecule has 5 nitrogen and oxygen atoms in total. The second-order valence-corrected chi connectivity index (χ2v) is 4.59. The lowest BCUT2D eigenvalue weighted by atomic mass is 10.2. The van der Waals surface area contributed by atoms with E-state index in [4.69, 9.17) is 9.47 Å². The van der Waals surface area contributed by atoms with Gasteiger partial charge in [0.15, 0.2) is 0 Å². The molecule has 0 fully saturated rings. The molecule has 20 heavy (non-hydrogen) atoms. The Bertz CT molecular complexity index is 541. The van der Waals surface area contributed by atoms with E-state index < -0.39 is 0 Å². The molecule has 0 aliphatic rings. The molecule has 0 saturated heterocycles. The number of aromatic nitrogens is 2. The SMILES string of the molecule is COc1ccc(CNc2cccnc2OC(C)C)cn1. The predicted molar refractivity (Wildman–Crippen MR) is 78.1 cm³/mol. The second-order valence-electron chi connectivity index (χ2n) is 4.59. The highest BCUT2D eigenvalue weighted by molar-refractivity contribution is 5.52. The minimum Gasteiger partial charge on any atom is -0.481 e. The molecule has 0 unspecified atom stereocenters. The molecule has 0 aliphatic heterocycles. The Morgan fingerprint density at radius 3 is 2.70 bits per heavy atom. The molecule has 0 saturated carbocycles. The average Bonchev–Trinajstić information content (AvgIpc) is 2.46. The van der Waals surface area contributed by atoms with Gasteiger partial charge in [-0.25, -0.2) is 9.97 Å². The zero-order valence-corrected chi connectivity index (χ0v) is 12.0. The Morgan fingerprint density at radius 1 is 1.20 bits per heavy atom. The summed E-state index contributed by atoms with van der Waals surface area (Å²) in [6.45, 7) is 4.61. The fourth-order valence-electron chi connectivity index (χ4n) is 1.68. The van der Waals surface area contributed by atoms with E-state index in [1.807, 2.05) is 38.1 Å². The lowest BCUT2D eigenvalue weighted by molar-refractivity contribution is 0.234. The van der Waals surface area contributed by atoms with E-state index in [0.29, 0.717) is 18.3 Å². The lowest BCUT2D eigenvalue weighted by Crippen LogP contribution is -2.10. The second kappa shape index (κ2) is 6.75. The number of nitrogens with zero attached hydrogens (tertiary/aromatic N) is 2. The van der Waals surface area contributed by atoms with Gasteiger partial charge in [0, 0.05) is 25.0 Å². The van der Waals surface area contributed by atoms with Gasteiger partial charge in [0.05, 0.1) is 18.9 Å². The van der Waals surface area contributed by atoms with Gasteiger partial charge in [-0.1, -0.05) is 6.07 Å². The third-order valence-corrected chi connectivity index (χ3v) is 2.61. The highest BCUT2D eigenvalue weighted by Gasteiger charge is 2.06. The minimum absolute atomic E-state index is 0.0908. The number of hydrogen-bond donors (Lipinski definition) is 1. The van der Waals surface area contributed by atoms with Crippen molar-refractivity contribution in [3.63, 3.8) is 0 Å². The van der Waals surface area contributed by atoms with Crippen molar-refractivity contribution in [2.45, 2.75) is 26.5 Å². The summed E-state index contributed by atoms with van der Waals surface area (Å²) in [5, 5.41) is 3.30. The van der Waals surface area contributed by atoms with Gasteiger partial charge in [0.1, 0.15) is 0 Å². The van der Waals surface area contributed by atoms with Crippen LogP contribution in [-0.2, 0) is 6.54 Å². The summed E-state index contributed by atoms with van der Waals surface area (Å²) < 4.78 is 10.7. The van der Waals surface area contributed by atoms with Crippen LogP contribution in [0.1, 0.15) is 19.4 Å². The van der Waals surface area contributed by atoms with Gasteiger partial charge in [-0.15, -0.1) is 0 Å². The summed E-state index contributed by atoms with van der Waals surface area (Å²) >= 11 is 0. The molecule has 0 atom stereocenters. The molecular weight excluding hydrogens is 254 g/mol. The maximum absolute atomic E-state index is 5.66. The number of ether oxygens (including phenoxy) is 2. The molecule has 0 spiro atoms. The van der Waals surface area contributed by atoms with Crippen LogP contribution in [0.5, 0.6) is 11.8 Å². The standard InChI is InChI=1S/C15H19N3O2/c1-11(2)20-15-13(5-4-8-16-15)17-9-12-6-7-14(19-3)18-10-12/h4-8,10-11,17H,9H2,1-3H3. The monoisotopic (exact) mass is 273 g/mol. The summed E-state index contributed by atoms with van der Waals surface area (Å²) in [6.07, 6.45) is 3.59. The van der Waals surface area contributed by atoms with E-state index in [1.54, 1.807) is 19.5 Å². The topological polar surface area (TPSA) is 56.3 Å². The van der Waals surface area contributed by atoms with Crippen LogP contribution in [0.2, 0.25) is 0 Å². The van der Waals surface area contributed by atoms with E-state index in [1.165, 1.54) is 0 Å². The molecule has 1 N–H and O–H groups in total. The highest BCUT2D eigenvalue weighted by Crippen LogP contribution is 2.22. The number of methoxy groups -OCH3 is 1. The summed E-state index contributed by atoms with van der Waals surface area (Å²) in [5.41, 5.74) is 1.93. The van der Waals surface area contributed by atoms with Crippen LogP contribution in [0, 0.1) is 0 Å². The van der Waals surface area contributed by atoms with Gasteiger partial charge in [-0.3, -0.25) is 0 Å². The Balaban J connectivity index is 2.02. The van der Waals surface area contributed by atoms with Crippen LogP contribution in [0.15, 0.2) is 36.7 Å². The third kappa shape index (κ3) is 3.85. The molecule has 2 aromatic heterocycles. The van der Waals surface area contributed by atoms with E-state index in [2.05, 4.69) is 15.3 Å².